The summed E-state index contributed by atoms with van der Waals surface area (Å²) in [5.41, 5.74) is 10.3. The minimum Gasteiger partial charge on any atom is -0.387 e. The second-order valence-electron chi connectivity index (χ2n) is 11.0. The molecule has 0 atom stereocenters. The van der Waals surface area contributed by atoms with Crippen LogP contribution in [0.3, 0.4) is 0 Å². The SMILES string of the molecule is CCCN(CCC)C(=O)C1=Cc2ccc(-c3ccc4c(=O)n(CC(C)(C)C)ncc4c3)cc2N=C(N)C1. The number of carbonyl (C=O) groups excluding carboxylic acids is 1. The molecule has 194 valence electrons. The smallest absolute Gasteiger partial charge is 0.274 e. The van der Waals surface area contributed by atoms with Gasteiger partial charge in [0.2, 0.25) is 5.91 Å². The van der Waals surface area contributed by atoms with Crippen molar-refractivity contribution >= 4 is 34.3 Å². The molecule has 1 aromatic heterocycles. The molecule has 7 nitrogen and oxygen atoms in total. The Bertz CT molecular complexity index is 1440. The molecule has 0 spiro atoms. The normalized spacial score (nSPS) is 13.5. The highest BCUT2D eigenvalue weighted by molar-refractivity contribution is 6.05. The van der Waals surface area contributed by atoms with Gasteiger partial charge in [-0.25, -0.2) is 9.67 Å². The summed E-state index contributed by atoms with van der Waals surface area (Å²) in [6.45, 7) is 12.4. The Balaban J connectivity index is 1.69. The van der Waals surface area contributed by atoms with Gasteiger partial charge in [-0.15, -0.1) is 0 Å². The van der Waals surface area contributed by atoms with Gasteiger partial charge in [-0.3, -0.25) is 9.59 Å². The van der Waals surface area contributed by atoms with Gasteiger partial charge in [0, 0.05) is 42.6 Å². The highest BCUT2D eigenvalue weighted by atomic mass is 16.2. The van der Waals surface area contributed by atoms with E-state index in [1.54, 1.807) is 6.20 Å². The van der Waals surface area contributed by atoms with E-state index < -0.39 is 0 Å². The molecule has 7 heteroatoms. The minimum absolute atomic E-state index is 0.0259. The van der Waals surface area contributed by atoms with Crippen LogP contribution in [-0.2, 0) is 11.3 Å². The maximum atomic E-state index is 13.2. The maximum absolute atomic E-state index is 13.2. The first kappa shape index (κ1) is 26.3. The molecular formula is C30H37N5O2. The Hall–Kier alpha value is -3.74. The average molecular weight is 500 g/mol. The van der Waals surface area contributed by atoms with Crippen molar-refractivity contribution in [1.29, 1.82) is 0 Å². The molecule has 2 N–H and O–H groups in total. The van der Waals surface area contributed by atoms with Gasteiger partial charge in [0.15, 0.2) is 0 Å². The Kier molecular flexibility index (Phi) is 7.62. The molecular weight excluding hydrogens is 462 g/mol. The topological polar surface area (TPSA) is 93.6 Å². The number of aromatic nitrogens is 2. The van der Waals surface area contributed by atoms with E-state index in [-0.39, 0.29) is 16.9 Å². The standard InChI is InChI=1S/C30H37N5O2/c1-6-12-34(13-7-2)28(36)23-15-22-9-8-21(16-26(22)33-27(31)17-23)20-10-11-25-24(14-20)18-32-35(29(25)37)19-30(3,4)5/h8-11,14-16,18H,6-7,12-13,17,19H2,1-5H3,(H2,31,33). The number of rotatable bonds is 7. The van der Waals surface area contributed by atoms with Crippen LogP contribution >= 0.6 is 0 Å². The van der Waals surface area contributed by atoms with Crippen molar-refractivity contribution < 1.29 is 4.79 Å². The zero-order chi connectivity index (χ0) is 26.7. The predicted octanol–water partition coefficient (Wildman–Crippen LogP) is 5.53. The number of carbonyl (C=O) groups is 1. The monoisotopic (exact) mass is 499 g/mol. The lowest BCUT2D eigenvalue weighted by Gasteiger charge is -2.22. The maximum Gasteiger partial charge on any atom is 0.274 e. The van der Waals surface area contributed by atoms with Gasteiger partial charge in [-0.1, -0.05) is 52.8 Å². The van der Waals surface area contributed by atoms with Crippen molar-refractivity contribution in [2.45, 2.75) is 60.4 Å². The van der Waals surface area contributed by atoms with E-state index in [1.807, 2.05) is 47.4 Å². The van der Waals surface area contributed by atoms with E-state index in [0.717, 1.165) is 53.7 Å². The third-order valence-corrected chi connectivity index (χ3v) is 6.35. The number of benzene rings is 2. The summed E-state index contributed by atoms with van der Waals surface area (Å²) < 4.78 is 1.54. The van der Waals surface area contributed by atoms with Crippen molar-refractivity contribution in [1.82, 2.24) is 14.7 Å². The predicted molar refractivity (Wildman–Crippen MR) is 152 cm³/mol. The number of aliphatic imine (C=N–C) groups is 1. The lowest BCUT2D eigenvalue weighted by molar-refractivity contribution is -0.127. The van der Waals surface area contributed by atoms with Crippen LogP contribution in [0.5, 0.6) is 0 Å². The van der Waals surface area contributed by atoms with Gasteiger partial charge in [-0.2, -0.15) is 5.10 Å². The van der Waals surface area contributed by atoms with E-state index in [2.05, 4.69) is 44.7 Å². The molecule has 1 amide bonds. The Morgan fingerprint density at radius 3 is 2.41 bits per heavy atom. The second kappa shape index (κ2) is 10.7. The molecule has 0 radical (unpaired) electrons. The molecule has 37 heavy (non-hydrogen) atoms. The Labute approximate surface area is 218 Å². The van der Waals surface area contributed by atoms with E-state index in [4.69, 9.17) is 5.73 Å². The van der Waals surface area contributed by atoms with E-state index >= 15 is 0 Å². The quantitative estimate of drug-likeness (QED) is 0.462. The number of amidine groups is 1. The molecule has 0 aliphatic carbocycles. The van der Waals surface area contributed by atoms with Gasteiger partial charge < -0.3 is 10.6 Å². The second-order valence-corrected chi connectivity index (χ2v) is 11.0. The zero-order valence-electron chi connectivity index (χ0n) is 22.5. The lowest BCUT2D eigenvalue weighted by atomic mass is 9.97. The van der Waals surface area contributed by atoms with Crippen molar-refractivity contribution in [3.05, 3.63) is 64.1 Å². The highest BCUT2D eigenvalue weighted by Crippen LogP contribution is 2.33. The van der Waals surface area contributed by atoms with E-state index in [9.17, 15) is 9.59 Å². The molecule has 4 rings (SSSR count). The number of nitrogens with two attached hydrogens (primary N) is 1. The van der Waals surface area contributed by atoms with Gasteiger partial charge in [0.25, 0.3) is 5.56 Å². The third kappa shape index (κ3) is 5.98. The summed E-state index contributed by atoms with van der Waals surface area (Å²) in [4.78, 5) is 32.7. The fourth-order valence-corrected chi connectivity index (χ4v) is 4.69. The summed E-state index contributed by atoms with van der Waals surface area (Å²) >= 11 is 0. The molecule has 1 aliphatic rings. The van der Waals surface area contributed by atoms with Crippen LogP contribution in [0.15, 0.2) is 58.0 Å². The van der Waals surface area contributed by atoms with Crippen molar-refractivity contribution in [2.24, 2.45) is 16.1 Å². The first-order valence-corrected chi connectivity index (χ1v) is 13.1. The van der Waals surface area contributed by atoms with Crippen LogP contribution < -0.4 is 11.3 Å². The summed E-state index contributed by atoms with van der Waals surface area (Å²) in [5, 5.41) is 5.85. The fraction of sp³-hybridized carbons (Fsp3) is 0.400. The van der Waals surface area contributed by atoms with E-state index in [1.165, 1.54) is 4.68 Å². The molecule has 3 aromatic rings. The van der Waals surface area contributed by atoms with Crippen LogP contribution in [0, 0.1) is 5.41 Å². The van der Waals surface area contributed by atoms with Crippen molar-refractivity contribution in [2.75, 3.05) is 13.1 Å². The summed E-state index contributed by atoms with van der Waals surface area (Å²) in [6, 6.07) is 11.8. The van der Waals surface area contributed by atoms with Gasteiger partial charge in [0.1, 0.15) is 5.84 Å². The van der Waals surface area contributed by atoms with Crippen LogP contribution in [0.4, 0.5) is 5.69 Å². The Morgan fingerprint density at radius 1 is 1.05 bits per heavy atom. The third-order valence-electron chi connectivity index (χ3n) is 6.35. The fourth-order valence-electron chi connectivity index (χ4n) is 4.69. The van der Waals surface area contributed by atoms with Crippen LogP contribution in [0.1, 0.15) is 59.4 Å². The lowest BCUT2D eigenvalue weighted by Crippen LogP contribution is -2.34. The number of amides is 1. The summed E-state index contributed by atoms with van der Waals surface area (Å²) in [6.07, 6.45) is 5.83. The number of nitrogens with zero attached hydrogens (tertiary/aromatic N) is 4. The van der Waals surface area contributed by atoms with Gasteiger partial charge in [-0.05, 0) is 53.7 Å². The molecule has 2 heterocycles. The summed E-state index contributed by atoms with van der Waals surface area (Å²) in [7, 11) is 0. The number of hydrogen-bond acceptors (Lipinski definition) is 5. The largest absolute Gasteiger partial charge is 0.387 e. The zero-order valence-corrected chi connectivity index (χ0v) is 22.5. The van der Waals surface area contributed by atoms with Crippen molar-refractivity contribution in [3.8, 4) is 11.1 Å². The first-order chi connectivity index (χ1) is 17.6. The molecule has 2 aromatic carbocycles. The average Bonchev–Trinajstić information content (AvgIpc) is 3.01. The number of fused-ring (bicyclic) bond motifs is 2. The highest BCUT2D eigenvalue weighted by Gasteiger charge is 2.21. The van der Waals surface area contributed by atoms with E-state index in [0.29, 0.717) is 29.8 Å². The van der Waals surface area contributed by atoms with Crippen LogP contribution in [0.2, 0.25) is 0 Å². The molecule has 0 saturated carbocycles. The Morgan fingerprint density at radius 2 is 1.73 bits per heavy atom. The molecule has 1 aliphatic heterocycles. The number of hydrogen-bond donors (Lipinski definition) is 1. The first-order valence-electron chi connectivity index (χ1n) is 13.1. The van der Waals surface area contributed by atoms with Gasteiger partial charge >= 0.3 is 0 Å². The molecule has 0 fully saturated rings. The minimum atomic E-state index is -0.0826. The summed E-state index contributed by atoms with van der Waals surface area (Å²) in [5.74, 6) is 0.448. The molecule has 0 unspecified atom stereocenters. The molecule has 0 saturated heterocycles. The van der Waals surface area contributed by atoms with Crippen LogP contribution in [0.25, 0.3) is 28.0 Å². The molecule has 0 bridgehead atoms. The van der Waals surface area contributed by atoms with Crippen molar-refractivity contribution in [3.63, 3.8) is 0 Å². The van der Waals surface area contributed by atoms with Gasteiger partial charge in [0.05, 0.1) is 17.3 Å². The van der Waals surface area contributed by atoms with Crippen LogP contribution in [-0.4, -0.2) is 39.5 Å².